The SMILES string of the molecule is CCN(CCBr)S(=O)(=O)c1ccccc1Br. The second-order valence-electron chi connectivity index (χ2n) is 3.12. The number of hydrogen-bond acceptors (Lipinski definition) is 2. The Hall–Kier alpha value is 0.0900. The molecule has 0 radical (unpaired) electrons. The van der Waals surface area contributed by atoms with E-state index in [1.807, 2.05) is 6.92 Å². The predicted octanol–water partition coefficient (Wildman–Crippen LogP) is 2.85. The van der Waals surface area contributed by atoms with Gasteiger partial charge in [-0.1, -0.05) is 35.0 Å². The second-order valence-corrected chi connectivity index (χ2v) is 6.67. The molecule has 16 heavy (non-hydrogen) atoms. The van der Waals surface area contributed by atoms with Crippen LogP contribution in [0.2, 0.25) is 0 Å². The van der Waals surface area contributed by atoms with E-state index in [0.717, 1.165) is 0 Å². The van der Waals surface area contributed by atoms with Crippen molar-refractivity contribution in [2.24, 2.45) is 0 Å². The number of nitrogens with zero attached hydrogens (tertiary/aromatic N) is 1. The summed E-state index contributed by atoms with van der Waals surface area (Å²) in [6, 6.07) is 6.86. The van der Waals surface area contributed by atoms with E-state index in [1.54, 1.807) is 24.3 Å². The summed E-state index contributed by atoms with van der Waals surface area (Å²) in [5.41, 5.74) is 0. The maximum absolute atomic E-state index is 12.2. The number of benzene rings is 1. The first-order valence-corrected chi connectivity index (χ1v) is 8.20. The average Bonchev–Trinajstić information content (AvgIpc) is 2.26. The molecule has 0 unspecified atom stereocenters. The van der Waals surface area contributed by atoms with Crippen molar-refractivity contribution < 1.29 is 8.42 Å². The fraction of sp³-hybridized carbons (Fsp3) is 0.400. The Kier molecular flexibility index (Phi) is 5.43. The highest BCUT2D eigenvalue weighted by Gasteiger charge is 2.24. The summed E-state index contributed by atoms with van der Waals surface area (Å²) in [6.45, 7) is 2.77. The number of alkyl halides is 1. The second kappa shape index (κ2) is 6.14. The molecular weight excluding hydrogens is 358 g/mol. The van der Waals surface area contributed by atoms with Crippen LogP contribution in [-0.4, -0.2) is 31.1 Å². The first-order chi connectivity index (χ1) is 7.54. The van der Waals surface area contributed by atoms with E-state index in [2.05, 4.69) is 31.9 Å². The lowest BCUT2D eigenvalue weighted by atomic mass is 10.4. The molecular formula is C10H13Br2NO2S. The summed E-state index contributed by atoms with van der Waals surface area (Å²) in [7, 11) is -3.39. The maximum Gasteiger partial charge on any atom is 0.244 e. The van der Waals surface area contributed by atoms with Crippen LogP contribution >= 0.6 is 31.9 Å². The normalized spacial score (nSPS) is 12.0. The van der Waals surface area contributed by atoms with Gasteiger partial charge in [-0.25, -0.2) is 8.42 Å². The summed E-state index contributed by atoms with van der Waals surface area (Å²) in [5.74, 6) is 0. The summed E-state index contributed by atoms with van der Waals surface area (Å²) in [4.78, 5) is 0.317. The molecule has 0 N–H and O–H groups in total. The maximum atomic E-state index is 12.2. The van der Waals surface area contributed by atoms with E-state index in [-0.39, 0.29) is 0 Å². The number of sulfonamides is 1. The van der Waals surface area contributed by atoms with Crippen molar-refractivity contribution in [2.75, 3.05) is 18.4 Å². The minimum Gasteiger partial charge on any atom is -0.207 e. The zero-order valence-corrected chi connectivity index (χ0v) is 12.8. The highest BCUT2D eigenvalue weighted by Crippen LogP contribution is 2.24. The van der Waals surface area contributed by atoms with Gasteiger partial charge in [0.2, 0.25) is 10.0 Å². The monoisotopic (exact) mass is 369 g/mol. The molecule has 0 saturated heterocycles. The Labute approximate surface area is 113 Å². The molecule has 0 aliphatic rings. The molecule has 0 aromatic heterocycles. The Morgan fingerprint density at radius 1 is 1.31 bits per heavy atom. The average molecular weight is 371 g/mol. The van der Waals surface area contributed by atoms with Crippen LogP contribution < -0.4 is 0 Å². The van der Waals surface area contributed by atoms with Gasteiger partial charge in [-0.3, -0.25) is 0 Å². The van der Waals surface area contributed by atoms with Crippen molar-refractivity contribution in [3.8, 4) is 0 Å². The lowest BCUT2D eigenvalue weighted by Gasteiger charge is -2.19. The van der Waals surface area contributed by atoms with Gasteiger partial charge in [0.25, 0.3) is 0 Å². The van der Waals surface area contributed by atoms with Gasteiger partial charge in [0, 0.05) is 22.9 Å². The minimum atomic E-state index is -3.39. The van der Waals surface area contributed by atoms with Crippen molar-refractivity contribution in [1.29, 1.82) is 0 Å². The molecule has 0 aliphatic heterocycles. The van der Waals surface area contributed by atoms with Gasteiger partial charge in [-0.2, -0.15) is 4.31 Å². The fourth-order valence-corrected chi connectivity index (χ4v) is 4.41. The molecule has 0 fully saturated rings. The summed E-state index contributed by atoms with van der Waals surface area (Å²) >= 11 is 6.52. The van der Waals surface area contributed by atoms with Crippen LogP contribution in [0, 0.1) is 0 Å². The van der Waals surface area contributed by atoms with Crippen LogP contribution in [0.1, 0.15) is 6.92 Å². The van der Waals surface area contributed by atoms with Crippen molar-refractivity contribution in [3.05, 3.63) is 28.7 Å². The van der Waals surface area contributed by atoms with Crippen LogP contribution in [0.4, 0.5) is 0 Å². The Balaban J connectivity index is 3.15. The molecule has 0 bridgehead atoms. The molecule has 90 valence electrons. The lowest BCUT2D eigenvalue weighted by Crippen LogP contribution is -2.32. The molecule has 0 spiro atoms. The first-order valence-electron chi connectivity index (χ1n) is 4.84. The Morgan fingerprint density at radius 2 is 1.94 bits per heavy atom. The van der Waals surface area contributed by atoms with Gasteiger partial charge >= 0.3 is 0 Å². The lowest BCUT2D eigenvalue weighted by molar-refractivity contribution is 0.448. The van der Waals surface area contributed by atoms with Crippen LogP contribution in [0.3, 0.4) is 0 Å². The quantitative estimate of drug-likeness (QED) is 0.747. The zero-order valence-electron chi connectivity index (χ0n) is 8.86. The van der Waals surface area contributed by atoms with E-state index in [0.29, 0.717) is 27.8 Å². The van der Waals surface area contributed by atoms with E-state index >= 15 is 0 Å². The number of halogens is 2. The number of rotatable bonds is 5. The third-order valence-corrected chi connectivity index (χ3v) is 5.48. The molecule has 3 nitrogen and oxygen atoms in total. The number of hydrogen-bond donors (Lipinski definition) is 0. The van der Waals surface area contributed by atoms with Gasteiger partial charge in [-0.15, -0.1) is 0 Å². The molecule has 0 amide bonds. The standard InChI is InChI=1S/C10H13Br2NO2S/c1-2-13(8-7-11)16(14,15)10-6-4-3-5-9(10)12/h3-6H,2,7-8H2,1H3. The molecule has 0 atom stereocenters. The van der Waals surface area contributed by atoms with Crippen molar-refractivity contribution in [2.45, 2.75) is 11.8 Å². The van der Waals surface area contributed by atoms with Crippen LogP contribution in [-0.2, 0) is 10.0 Å². The van der Waals surface area contributed by atoms with Crippen molar-refractivity contribution in [1.82, 2.24) is 4.31 Å². The molecule has 0 heterocycles. The topological polar surface area (TPSA) is 37.4 Å². The third-order valence-electron chi connectivity index (χ3n) is 2.14. The summed E-state index contributed by atoms with van der Waals surface area (Å²) in [5, 5.41) is 0.629. The highest BCUT2D eigenvalue weighted by atomic mass is 79.9. The van der Waals surface area contributed by atoms with Gasteiger partial charge in [0.05, 0.1) is 4.90 Å². The minimum absolute atomic E-state index is 0.317. The van der Waals surface area contributed by atoms with E-state index in [9.17, 15) is 8.42 Å². The Morgan fingerprint density at radius 3 is 2.44 bits per heavy atom. The van der Waals surface area contributed by atoms with Gasteiger partial charge < -0.3 is 0 Å². The highest BCUT2D eigenvalue weighted by molar-refractivity contribution is 9.10. The molecule has 6 heteroatoms. The van der Waals surface area contributed by atoms with Crippen LogP contribution in [0.15, 0.2) is 33.6 Å². The smallest absolute Gasteiger partial charge is 0.207 e. The largest absolute Gasteiger partial charge is 0.244 e. The molecule has 0 aliphatic carbocycles. The summed E-state index contributed by atoms with van der Waals surface area (Å²) in [6.07, 6.45) is 0. The predicted molar refractivity (Wildman–Crippen MR) is 72.4 cm³/mol. The van der Waals surface area contributed by atoms with Crippen LogP contribution in [0.25, 0.3) is 0 Å². The first kappa shape index (κ1) is 14.2. The molecule has 0 saturated carbocycles. The van der Waals surface area contributed by atoms with E-state index in [1.165, 1.54) is 4.31 Å². The van der Waals surface area contributed by atoms with Gasteiger partial charge in [0.15, 0.2) is 0 Å². The van der Waals surface area contributed by atoms with Crippen molar-refractivity contribution in [3.63, 3.8) is 0 Å². The van der Waals surface area contributed by atoms with Crippen molar-refractivity contribution >= 4 is 41.9 Å². The molecule has 1 aromatic rings. The fourth-order valence-electron chi connectivity index (χ4n) is 1.34. The van der Waals surface area contributed by atoms with Gasteiger partial charge in [0.1, 0.15) is 0 Å². The van der Waals surface area contributed by atoms with E-state index in [4.69, 9.17) is 0 Å². The third kappa shape index (κ3) is 3.06. The molecule has 1 rings (SSSR count). The van der Waals surface area contributed by atoms with E-state index < -0.39 is 10.0 Å². The Bertz CT molecular complexity index is 448. The van der Waals surface area contributed by atoms with Gasteiger partial charge in [-0.05, 0) is 28.1 Å². The summed E-state index contributed by atoms with van der Waals surface area (Å²) < 4.78 is 26.5. The molecule has 1 aromatic carbocycles. The van der Waals surface area contributed by atoms with Crippen LogP contribution in [0.5, 0.6) is 0 Å². The zero-order chi connectivity index (χ0) is 12.2.